The number of carboxylic acids is 1. The average molecular weight is 272 g/mol. The van der Waals surface area contributed by atoms with E-state index in [1.165, 1.54) is 0 Å². The lowest BCUT2D eigenvalue weighted by atomic mass is 9.98. The zero-order valence-electron chi connectivity index (χ0n) is 8.56. The van der Waals surface area contributed by atoms with Gasteiger partial charge in [0.05, 0.1) is 5.56 Å². The summed E-state index contributed by atoms with van der Waals surface area (Å²) in [7, 11) is 0. The summed E-state index contributed by atoms with van der Waals surface area (Å²) in [5.74, 6) is -7.60. The second-order valence-corrected chi connectivity index (χ2v) is 3.46. The number of carbonyl (C=O) groups is 1. The highest BCUT2D eigenvalue weighted by molar-refractivity contribution is 5.68. The van der Waals surface area contributed by atoms with Crippen molar-refractivity contribution in [1.29, 1.82) is 0 Å². The molecule has 1 N–H and O–H groups in total. The molecule has 0 saturated carbocycles. The Morgan fingerprint density at radius 2 is 1.67 bits per heavy atom. The van der Waals surface area contributed by atoms with E-state index < -0.39 is 41.4 Å². The first-order valence-corrected chi connectivity index (χ1v) is 4.51. The predicted molar refractivity (Wildman–Crippen MR) is 47.5 cm³/mol. The van der Waals surface area contributed by atoms with E-state index in [9.17, 15) is 31.1 Å². The number of halogens is 6. The molecule has 0 fully saturated rings. The van der Waals surface area contributed by atoms with Gasteiger partial charge in [-0.2, -0.15) is 13.2 Å². The zero-order chi connectivity index (χ0) is 14.1. The maximum atomic E-state index is 13.3. The van der Waals surface area contributed by atoms with E-state index in [1.54, 1.807) is 0 Å². The van der Waals surface area contributed by atoms with Gasteiger partial charge in [0.25, 0.3) is 5.92 Å². The van der Waals surface area contributed by atoms with Crippen LogP contribution in [0.3, 0.4) is 0 Å². The Kier molecular flexibility index (Phi) is 3.59. The van der Waals surface area contributed by atoms with Crippen molar-refractivity contribution in [1.82, 2.24) is 0 Å². The molecule has 0 aliphatic rings. The van der Waals surface area contributed by atoms with E-state index in [0.717, 1.165) is 0 Å². The number of benzene rings is 1. The van der Waals surface area contributed by atoms with Crippen LogP contribution < -0.4 is 0 Å². The highest BCUT2D eigenvalue weighted by Crippen LogP contribution is 2.41. The summed E-state index contributed by atoms with van der Waals surface area (Å²) in [6.45, 7) is 0. The van der Waals surface area contributed by atoms with Gasteiger partial charge in [-0.15, -0.1) is 0 Å². The molecule has 8 heteroatoms. The second-order valence-electron chi connectivity index (χ2n) is 3.46. The standard InChI is InChI=1S/C10H6F6O2/c11-5-1-2-6(10(14,15)16)7(3-5)9(12,13)4-8(17)18/h1-3H,4H2,(H,17,18). The van der Waals surface area contributed by atoms with Crippen LogP contribution in [0.2, 0.25) is 0 Å². The lowest BCUT2D eigenvalue weighted by Crippen LogP contribution is -2.23. The zero-order valence-corrected chi connectivity index (χ0v) is 8.56. The van der Waals surface area contributed by atoms with Crippen molar-refractivity contribution in [2.45, 2.75) is 18.5 Å². The van der Waals surface area contributed by atoms with Crippen molar-refractivity contribution in [2.75, 3.05) is 0 Å². The molecule has 0 spiro atoms. The molecule has 0 unspecified atom stereocenters. The largest absolute Gasteiger partial charge is 0.481 e. The molecule has 0 heterocycles. The number of rotatable bonds is 3. The third-order valence-corrected chi connectivity index (χ3v) is 2.05. The average Bonchev–Trinajstić information content (AvgIpc) is 2.13. The van der Waals surface area contributed by atoms with E-state index in [0.29, 0.717) is 6.07 Å². The van der Waals surface area contributed by atoms with E-state index in [2.05, 4.69) is 0 Å². The summed E-state index contributed by atoms with van der Waals surface area (Å²) in [5, 5.41) is 8.22. The summed E-state index contributed by atoms with van der Waals surface area (Å²) >= 11 is 0. The van der Waals surface area contributed by atoms with E-state index in [-0.39, 0.29) is 12.1 Å². The molecular weight excluding hydrogens is 266 g/mol. The fraction of sp³-hybridized carbons (Fsp3) is 0.300. The molecule has 1 rings (SSSR count). The molecule has 0 bridgehead atoms. The van der Waals surface area contributed by atoms with Gasteiger partial charge < -0.3 is 5.11 Å². The minimum absolute atomic E-state index is 0.00817. The van der Waals surface area contributed by atoms with Crippen LogP contribution in [0.4, 0.5) is 26.3 Å². The van der Waals surface area contributed by atoms with Crippen LogP contribution in [0.15, 0.2) is 18.2 Å². The lowest BCUT2D eigenvalue weighted by Gasteiger charge is -2.19. The lowest BCUT2D eigenvalue weighted by molar-refractivity contribution is -0.151. The van der Waals surface area contributed by atoms with E-state index in [1.807, 2.05) is 0 Å². The van der Waals surface area contributed by atoms with Crippen molar-refractivity contribution in [3.8, 4) is 0 Å². The van der Waals surface area contributed by atoms with Crippen LogP contribution >= 0.6 is 0 Å². The van der Waals surface area contributed by atoms with Gasteiger partial charge in [0.1, 0.15) is 12.2 Å². The minimum atomic E-state index is -5.12. The quantitative estimate of drug-likeness (QED) is 0.856. The number of alkyl halides is 5. The van der Waals surface area contributed by atoms with Crippen LogP contribution in [0, 0.1) is 5.82 Å². The molecule has 0 saturated heterocycles. The molecular formula is C10H6F6O2. The van der Waals surface area contributed by atoms with Crippen molar-refractivity contribution in [3.05, 3.63) is 35.1 Å². The van der Waals surface area contributed by atoms with Crippen molar-refractivity contribution < 1.29 is 36.2 Å². The van der Waals surface area contributed by atoms with Gasteiger partial charge in [-0.25, -0.2) is 13.2 Å². The second kappa shape index (κ2) is 4.51. The highest BCUT2D eigenvalue weighted by atomic mass is 19.4. The molecule has 1 aromatic rings. The van der Waals surface area contributed by atoms with Crippen LogP contribution in [-0.2, 0) is 16.9 Å². The molecule has 2 nitrogen and oxygen atoms in total. The Hall–Kier alpha value is -1.73. The highest BCUT2D eigenvalue weighted by Gasteiger charge is 2.44. The Balaban J connectivity index is 3.37. The SMILES string of the molecule is O=C(O)CC(F)(F)c1cc(F)ccc1C(F)(F)F. The molecule has 0 atom stereocenters. The van der Waals surface area contributed by atoms with Crippen molar-refractivity contribution in [3.63, 3.8) is 0 Å². The van der Waals surface area contributed by atoms with Gasteiger partial charge in [0.15, 0.2) is 0 Å². The first-order valence-electron chi connectivity index (χ1n) is 4.51. The predicted octanol–water partition coefficient (Wildman–Crippen LogP) is 3.41. The first-order chi connectivity index (χ1) is 8.04. The Morgan fingerprint density at radius 3 is 2.11 bits per heavy atom. The smallest absolute Gasteiger partial charge is 0.416 e. The third kappa shape index (κ3) is 3.14. The molecule has 0 aromatic heterocycles. The number of carboxylic acid groups (broad SMARTS) is 1. The van der Waals surface area contributed by atoms with Crippen molar-refractivity contribution in [2.24, 2.45) is 0 Å². The van der Waals surface area contributed by atoms with Crippen LogP contribution in [0.5, 0.6) is 0 Å². The molecule has 0 radical (unpaired) electrons. The third-order valence-electron chi connectivity index (χ3n) is 2.05. The first kappa shape index (κ1) is 14.3. The molecule has 100 valence electrons. The number of hydrogen-bond acceptors (Lipinski definition) is 1. The molecule has 18 heavy (non-hydrogen) atoms. The summed E-state index contributed by atoms with van der Waals surface area (Å²) in [6, 6.07) is 0.523. The summed E-state index contributed by atoms with van der Waals surface area (Å²) < 4.78 is 76.7. The molecule has 0 aliphatic carbocycles. The van der Waals surface area contributed by atoms with Gasteiger partial charge in [-0.1, -0.05) is 0 Å². The summed E-state index contributed by atoms with van der Waals surface area (Å²) in [6.07, 6.45) is -6.97. The fourth-order valence-electron chi connectivity index (χ4n) is 1.35. The fourth-order valence-corrected chi connectivity index (χ4v) is 1.35. The Morgan fingerprint density at radius 1 is 1.11 bits per heavy atom. The summed E-state index contributed by atoms with van der Waals surface area (Å²) in [4.78, 5) is 10.2. The molecule has 1 aromatic carbocycles. The maximum absolute atomic E-state index is 13.3. The van der Waals surface area contributed by atoms with Crippen LogP contribution in [-0.4, -0.2) is 11.1 Å². The molecule has 0 amide bonds. The van der Waals surface area contributed by atoms with Crippen LogP contribution in [0.25, 0.3) is 0 Å². The topological polar surface area (TPSA) is 37.3 Å². The van der Waals surface area contributed by atoms with Gasteiger partial charge >= 0.3 is 12.1 Å². The van der Waals surface area contributed by atoms with Gasteiger partial charge in [0.2, 0.25) is 0 Å². The number of aliphatic carboxylic acids is 1. The summed E-state index contributed by atoms with van der Waals surface area (Å²) in [5.41, 5.74) is -3.44. The van der Waals surface area contributed by atoms with Crippen molar-refractivity contribution >= 4 is 5.97 Å². The van der Waals surface area contributed by atoms with Gasteiger partial charge in [-0.3, -0.25) is 4.79 Å². The molecule has 0 aliphatic heterocycles. The monoisotopic (exact) mass is 272 g/mol. The van der Waals surface area contributed by atoms with E-state index >= 15 is 0 Å². The maximum Gasteiger partial charge on any atom is 0.416 e. The van der Waals surface area contributed by atoms with E-state index in [4.69, 9.17) is 5.11 Å². The Labute approximate surface area is 96.8 Å². The van der Waals surface area contributed by atoms with Gasteiger partial charge in [-0.05, 0) is 18.2 Å². The normalized spacial score (nSPS) is 12.6. The minimum Gasteiger partial charge on any atom is -0.481 e. The van der Waals surface area contributed by atoms with Gasteiger partial charge in [0, 0.05) is 5.56 Å². The Bertz CT molecular complexity index is 466. The number of hydrogen-bond donors (Lipinski definition) is 1. The van der Waals surface area contributed by atoms with Crippen LogP contribution in [0.1, 0.15) is 17.5 Å².